The van der Waals surface area contributed by atoms with Gasteiger partial charge in [-0.15, -0.1) is 0 Å². The Morgan fingerprint density at radius 3 is 2.48 bits per heavy atom. The summed E-state index contributed by atoms with van der Waals surface area (Å²) in [5, 5.41) is 3.59. The van der Waals surface area contributed by atoms with E-state index in [4.69, 9.17) is 14.5 Å². The van der Waals surface area contributed by atoms with Crippen LogP contribution in [-0.2, 0) is 6.54 Å². The number of piperidine rings is 1. The number of rotatable bonds is 5. The number of fused-ring (bicyclic) bond motifs is 1. The number of benzene rings is 1. The molecule has 0 aliphatic carbocycles. The van der Waals surface area contributed by atoms with E-state index in [2.05, 4.69) is 32.2 Å². The molecule has 0 bridgehead atoms. The summed E-state index contributed by atoms with van der Waals surface area (Å²) in [4.78, 5) is 14.2. The van der Waals surface area contributed by atoms with Crippen molar-refractivity contribution in [1.29, 1.82) is 0 Å². The minimum Gasteiger partial charge on any atom is -0.486 e. The lowest BCUT2D eigenvalue weighted by atomic mass is 10.0. The number of hydrogen-bond donors (Lipinski definition) is 1. The molecule has 3 aliphatic rings. The number of likely N-dealkylation sites (tertiary alicyclic amines) is 1. The van der Waals surface area contributed by atoms with Gasteiger partial charge in [0, 0.05) is 45.0 Å². The maximum atomic E-state index is 5.73. The first-order chi connectivity index (χ1) is 15.3. The Bertz CT molecular complexity index is 861. The molecule has 0 spiro atoms. The second-order valence-electron chi connectivity index (χ2n) is 8.81. The number of ether oxygens (including phenoxy) is 2. The first-order valence-corrected chi connectivity index (χ1v) is 11.8. The van der Waals surface area contributed by atoms with Crippen molar-refractivity contribution in [2.75, 3.05) is 49.6 Å². The molecule has 1 aromatic heterocycles. The third kappa shape index (κ3) is 5.21. The SMILES string of the molecule is c1cc(N2CCCCCC2)nc(NC2CCN(Cc3ccc4c(c3)OCCO4)CC2)n1. The summed E-state index contributed by atoms with van der Waals surface area (Å²) in [5.74, 6) is 3.57. The first-order valence-electron chi connectivity index (χ1n) is 11.8. The highest BCUT2D eigenvalue weighted by Crippen LogP contribution is 2.31. The fourth-order valence-electron chi connectivity index (χ4n) is 4.76. The first kappa shape index (κ1) is 20.4. The average molecular weight is 424 g/mol. The molecule has 0 amide bonds. The summed E-state index contributed by atoms with van der Waals surface area (Å²) >= 11 is 0. The summed E-state index contributed by atoms with van der Waals surface area (Å²) in [6, 6.07) is 8.79. The Hall–Kier alpha value is -2.54. The molecule has 0 radical (unpaired) electrons. The molecule has 7 nitrogen and oxygen atoms in total. The molecule has 2 aromatic rings. The standard InChI is InChI=1S/C24H33N5O2/c1-2-4-12-29(11-3-1)23-7-10-25-24(27-23)26-20-8-13-28(14-9-20)18-19-5-6-21-22(17-19)31-16-15-30-21/h5-7,10,17,20H,1-4,8-9,11-16,18H2,(H,25,26,27). The van der Waals surface area contributed by atoms with Crippen molar-refractivity contribution >= 4 is 11.8 Å². The zero-order chi connectivity index (χ0) is 20.9. The van der Waals surface area contributed by atoms with Crippen molar-refractivity contribution in [3.8, 4) is 11.5 Å². The Labute approximate surface area is 184 Å². The van der Waals surface area contributed by atoms with Gasteiger partial charge in [-0.25, -0.2) is 4.98 Å². The van der Waals surface area contributed by atoms with Crippen molar-refractivity contribution in [3.05, 3.63) is 36.0 Å². The Morgan fingerprint density at radius 2 is 1.68 bits per heavy atom. The average Bonchev–Trinajstić information content (AvgIpc) is 3.10. The zero-order valence-electron chi connectivity index (χ0n) is 18.3. The lowest BCUT2D eigenvalue weighted by molar-refractivity contribution is 0.170. The van der Waals surface area contributed by atoms with E-state index < -0.39 is 0 Å². The highest BCUT2D eigenvalue weighted by molar-refractivity contribution is 5.44. The van der Waals surface area contributed by atoms with Crippen molar-refractivity contribution in [2.24, 2.45) is 0 Å². The Kier molecular flexibility index (Phi) is 6.39. The van der Waals surface area contributed by atoms with Gasteiger partial charge in [0.25, 0.3) is 0 Å². The molecule has 7 heteroatoms. The van der Waals surface area contributed by atoms with Crippen LogP contribution in [0.5, 0.6) is 11.5 Å². The molecule has 0 saturated carbocycles. The minimum atomic E-state index is 0.427. The van der Waals surface area contributed by atoms with Crippen molar-refractivity contribution in [2.45, 2.75) is 51.1 Å². The van der Waals surface area contributed by atoms with E-state index in [1.54, 1.807) is 0 Å². The van der Waals surface area contributed by atoms with Crippen LogP contribution in [0.15, 0.2) is 30.5 Å². The highest BCUT2D eigenvalue weighted by atomic mass is 16.6. The predicted octanol–water partition coefficient (Wildman–Crippen LogP) is 3.70. The van der Waals surface area contributed by atoms with Crippen molar-refractivity contribution < 1.29 is 9.47 Å². The summed E-state index contributed by atoms with van der Waals surface area (Å²) in [7, 11) is 0. The van der Waals surface area contributed by atoms with E-state index in [1.165, 1.54) is 31.2 Å². The number of nitrogens with zero attached hydrogens (tertiary/aromatic N) is 4. The largest absolute Gasteiger partial charge is 0.486 e. The van der Waals surface area contributed by atoms with Crippen LogP contribution >= 0.6 is 0 Å². The maximum Gasteiger partial charge on any atom is 0.224 e. The van der Waals surface area contributed by atoms with Crippen LogP contribution in [0.2, 0.25) is 0 Å². The van der Waals surface area contributed by atoms with E-state index >= 15 is 0 Å². The normalized spacial score (nSPS) is 20.3. The van der Waals surface area contributed by atoms with Gasteiger partial charge >= 0.3 is 0 Å². The molecule has 1 N–H and O–H groups in total. The van der Waals surface area contributed by atoms with Crippen LogP contribution in [0.3, 0.4) is 0 Å². The number of anilines is 2. The molecule has 2 saturated heterocycles. The minimum absolute atomic E-state index is 0.427. The molecule has 0 atom stereocenters. The van der Waals surface area contributed by atoms with E-state index in [-0.39, 0.29) is 0 Å². The number of aromatic nitrogens is 2. The molecule has 3 aliphatic heterocycles. The fraction of sp³-hybridized carbons (Fsp3) is 0.583. The van der Waals surface area contributed by atoms with Gasteiger partial charge in [0.15, 0.2) is 11.5 Å². The Balaban J connectivity index is 1.13. The molecule has 2 fully saturated rings. The zero-order valence-corrected chi connectivity index (χ0v) is 18.3. The monoisotopic (exact) mass is 423 g/mol. The molecule has 0 unspecified atom stereocenters. The molecule has 166 valence electrons. The second kappa shape index (κ2) is 9.73. The topological polar surface area (TPSA) is 62.8 Å². The highest BCUT2D eigenvalue weighted by Gasteiger charge is 2.21. The van der Waals surface area contributed by atoms with Gasteiger partial charge in [-0.3, -0.25) is 4.90 Å². The maximum absolute atomic E-state index is 5.73. The number of hydrogen-bond acceptors (Lipinski definition) is 7. The van der Waals surface area contributed by atoms with Gasteiger partial charge < -0.3 is 19.7 Å². The molecule has 31 heavy (non-hydrogen) atoms. The van der Waals surface area contributed by atoms with Gasteiger partial charge in [0.2, 0.25) is 5.95 Å². The van der Waals surface area contributed by atoms with Crippen LogP contribution < -0.4 is 19.7 Å². The van der Waals surface area contributed by atoms with Crippen LogP contribution in [0.1, 0.15) is 44.1 Å². The molecule has 5 rings (SSSR count). The quantitative estimate of drug-likeness (QED) is 0.787. The van der Waals surface area contributed by atoms with Gasteiger partial charge in [0.05, 0.1) is 0 Å². The second-order valence-corrected chi connectivity index (χ2v) is 8.81. The van der Waals surface area contributed by atoms with Gasteiger partial charge in [-0.1, -0.05) is 18.9 Å². The smallest absolute Gasteiger partial charge is 0.224 e. The van der Waals surface area contributed by atoms with E-state index in [0.717, 1.165) is 68.8 Å². The number of nitrogens with one attached hydrogen (secondary N) is 1. The summed E-state index contributed by atoms with van der Waals surface area (Å²) < 4.78 is 11.4. The lowest BCUT2D eigenvalue weighted by Gasteiger charge is -2.32. The predicted molar refractivity (Wildman–Crippen MR) is 122 cm³/mol. The van der Waals surface area contributed by atoms with Crippen LogP contribution in [-0.4, -0.2) is 60.3 Å². The third-order valence-electron chi connectivity index (χ3n) is 6.50. The van der Waals surface area contributed by atoms with Crippen LogP contribution in [0.4, 0.5) is 11.8 Å². The van der Waals surface area contributed by atoms with Gasteiger partial charge in [-0.2, -0.15) is 4.98 Å². The summed E-state index contributed by atoms with van der Waals surface area (Å²) in [6.45, 7) is 6.57. The molecule has 4 heterocycles. The molecular weight excluding hydrogens is 390 g/mol. The molecule has 1 aromatic carbocycles. The third-order valence-corrected chi connectivity index (χ3v) is 6.50. The van der Waals surface area contributed by atoms with Gasteiger partial charge in [-0.05, 0) is 49.4 Å². The summed E-state index contributed by atoms with van der Waals surface area (Å²) in [6.07, 6.45) is 9.27. The van der Waals surface area contributed by atoms with E-state index in [0.29, 0.717) is 19.3 Å². The van der Waals surface area contributed by atoms with Crippen LogP contribution in [0.25, 0.3) is 0 Å². The van der Waals surface area contributed by atoms with Crippen LogP contribution in [0, 0.1) is 0 Å². The lowest BCUT2D eigenvalue weighted by Crippen LogP contribution is -2.39. The fourth-order valence-corrected chi connectivity index (χ4v) is 4.76. The summed E-state index contributed by atoms with van der Waals surface area (Å²) in [5.41, 5.74) is 1.28. The van der Waals surface area contributed by atoms with E-state index in [1.807, 2.05) is 18.3 Å². The van der Waals surface area contributed by atoms with Crippen molar-refractivity contribution in [3.63, 3.8) is 0 Å². The Morgan fingerprint density at radius 1 is 0.903 bits per heavy atom. The molecular formula is C24H33N5O2. The van der Waals surface area contributed by atoms with E-state index in [9.17, 15) is 0 Å². The van der Waals surface area contributed by atoms with Crippen molar-refractivity contribution in [1.82, 2.24) is 14.9 Å². The van der Waals surface area contributed by atoms with Gasteiger partial charge in [0.1, 0.15) is 19.0 Å².